The van der Waals surface area contributed by atoms with Crippen LogP contribution in [0.4, 0.5) is 17.1 Å². The number of piperazine rings is 1. The summed E-state index contributed by atoms with van der Waals surface area (Å²) in [5.41, 5.74) is 9.37. The number of likely N-dealkylation sites (N-methyl/N-ethyl adjacent to an activating group) is 1. The molecule has 1 unspecified atom stereocenters. The summed E-state index contributed by atoms with van der Waals surface area (Å²) in [6.07, 6.45) is 2.30. The van der Waals surface area contributed by atoms with E-state index in [4.69, 9.17) is 15.5 Å². The van der Waals surface area contributed by atoms with E-state index in [1.807, 2.05) is 30.3 Å². The Labute approximate surface area is 267 Å². The molecule has 0 radical (unpaired) electrons. The normalized spacial score (nSPS) is 21.6. The maximum Gasteiger partial charge on any atom is 0.202 e. The highest BCUT2D eigenvalue weighted by Crippen LogP contribution is 2.41. The molecule has 0 bridgehead atoms. The number of guanidine groups is 1. The van der Waals surface area contributed by atoms with Crippen LogP contribution in [0, 0.1) is 0 Å². The van der Waals surface area contributed by atoms with E-state index in [1.165, 1.54) is 0 Å². The summed E-state index contributed by atoms with van der Waals surface area (Å²) in [6, 6.07) is 21.3. The van der Waals surface area contributed by atoms with Crippen LogP contribution in [-0.4, -0.2) is 88.9 Å². The average molecular weight is 632 g/mol. The summed E-state index contributed by atoms with van der Waals surface area (Å²) < 4.78 is 32.7. The van der Waals surface area contributed by atoms with Crippen molar-refractivity contribution in [2.24, 2.45) is 10.7 Å². The van der Waals surface area contributed by atoms with Gasteiger partial charge >= 0.3 is 0 Å². The molecule has 3 aromatic carbocycles. The first-order valence-electron chi connectivity index (χ1n) is 15.8. The van der Waals surface area contributed by atoms with Gasteiger partial charge in [-0.25, -0.2) is 13.4 Å². The molecule has 3 heterocycles. The number of nitrogens with two attached hydrogens (primary N) is 1. The van der Waals surface area contributed by atoms with E-state index in [-0.39, 0.29) is 4.90 Å². The van der Waals surface area contributed by atoms with Crippen LogP contribution >= 0.6 is 0 Å². The molecule has 2 saturated heterocycles. The SMILES string of the molecule is COc1cc(N2CCC(N3CCN(C)CC3)CC2)ccc1NC1=NC(N)(c2ccccc2S(=O)(=O)C(C)C)c2ccccc2N1. The van der Waals surface area contributed by atoms with Crippen molar-refractivity contribution in [3.05, 3.63) is 77.9 Å². The minimum atomic E-state index is -3.63. The average Bonchev–Trinajstić information content (AvgIpc) is 3.05. The molecule has 2 fully saturated rings. The summed E-state index contributed by atoms with van der Waals surface area (Å²) in [7, 11) is 0.233. The molecule has 6 rings (SSSR count). The number of nitrogens with one attached hydrogen (secondary N) is 2. The van der Waals surface area contributed by atoms with E-state index in [9.17, 15) is 8.42 Å². The van der Waals surface area contributed by atoms with Crippen molar-refractivity contribution in [2.45, 2.75) is 48.5 Å². The van der Waals surface area contributed by atoms with Crippen LogP contribution in [0.15, 0.2) is 76.6 Å². The molecule has 0 aromatic heterocycles. The van der Waals surface area contributed by atoms with Crippen molar-refractivity contribution in [3.8, 4) is 5.75 Å². The van der Waals surface area contributed by atoms with Crippen molar-refractivity contribution >= 4 is 32.9 Å². The molecular formula is C34H45N7O3S. The highest BCUT2D eigenvalue weighted by molar-refractivity contribution is 7.92. The summed E-state index contributed by atoms with van der Waals surface area (Å²) >= 11 is 0. The van der Waals surface area contributed by atoms with Gasteiger partial charge in [0.25, 0.3) is 0 Å². The topological polar surface area (TPSA) is 116 Å². The number of anilines is 3. The highest BCUT2D eigenvalue weighted by atomic mass is 32.2. The Morgan fingerprint density at radius 1 is 0.956 bits per heavy atom. The minimum Gasteiger partial charge on any atom is -0.494 e. The third kappa shape index (κ3) is 6.14. The Kier molecular flexibility index (Phi) is 8.80. The molecular weight excluding hydrogens is 586 g/mol. The maximum atomic E-state index is 13.4. The molecule has 45 heavy (non-hydrogen) atoms. The number of hydrogen-bond acceptors (Lipinski definition) is 10. The minimum absolute atomic E-state index is 0.181. The molecule has 1 atom stereocenters. The molecule has 0 amide bonds. The smallest absolute Gasteiger partial charge is 0.202 e. The fourth-order valence-electron chi connectivity index (χ4n) is 6.65. The third-order valence-corrected chi connectivity index (χ3v) is 11.6. The number of rotatable bonds is 7. The summed E-state index contributed by atoms with van der Waals surface area (Å²) in [5.74, 6) is 1.08. The fraction of sp³-hybridized carbons (Fsp3) is 0.441. The maximum absolute atomic E-state index is 13.4. The van der Waals surface area contributed by atoms with Crippen molar-refractivity contribution in [1.82, 2.24) is 9.80 Å². The predicted octanol–water partition coefficient (Wildman–Crippen LogP) is 4.15. The number of methoxy groups -OCH3 is 1. The number of piperidine rings is 1. The molecule has 3 aromatic rings. The van der Waals surface area contributed by atoms with Gasteiger partial charge in [0.15, 0.2) is 15.5 Å². The number of aliphatic imine (C=N–C) groups is 1. The van der Waals surface area contributed by atoms with Crippen LogP contribution in [0.25, 0.3) is 0 Å². The molecule has 4 N–H and O–H groups in total. The van der Waals surface area contributed by atoms with E-state index >= 15 is 0 Å². The zero-order valence-corrected chi connectivity index (χ0v) is 27.5. The molecule has 240 valence electrons. The summed E-state index contributed by atoms with van der Waals surface area (Å²) in [4.78, 5) is 12.6. The van der Waals surface area contributed by atoms with E-state index in [0.29, 0.717) is 28.9 Å². The van der Waals surface area contributed by atoms with Gasteiger partial charge < -0.3 is 25.2 Å². The van der Waals surface area contributed by atoms with Gasteiger partial charge in [-0.15, -0.1) is 0 Å². The lowest BCUT2D eigenvalue weighted by Crippen LogP contribution is -2.52. The Morgan fingerprint density at radius 3 is 2.31 bits per heavy atom. The number of benzene rings is 3. The van der Waals surface area contributed by atoms with Gasteiger partial charge in [-0.2, -0.15) is 0 Å². The Balaban J connectivity index is 1.26. The van der Waals surface area contributed by atoms with Crippen LogP contribution < -0.4 is 26.0 Å². The first kappa shape index (κ1) is 31.3. The largest absolute Gasteiger partial charge is 0.494 e. The molecule has 0 aliphatic carbocycles. The monoisotopic (exact) mass is 631 g/mol. The van der Waals surface area contributed by atoms with E-state index in [2.05, 4.69) is 44.5 Å². The van der Waals surface area contributed by atoms with Crippen molar-refractivity contribution in [2.75, 3.05) is 69.0 Å². The van der Waals surface area contributed by atoms with Crippen molar-refractivity contribution in [1.29, 1.82) is 0 Å². The summed E-state index contributed by atoms with van der Waals surface area (Å²) in [5, 5.41) is 6.13. The second-order valence-corrected chi connectivity index (χ2v) is 15.0. The molecule has 3 aliphatic rings. The van der Waals surface area contributed by atoms with Gasteiger partial charge in [0.2, 0.25) is 5.96 Å². The van der Waals surface area contributed by atoms with E-state index < -0.39 is 20.8 Å². The molecule has 3 aliphatic heterocycles. The van der Waals surface area contributed by atoms with Gasteiger partial charge in [0.05, 0.1) is 22.9 Å². The van der Waals surface area contributed by atoms with Crippen LogP contribution in [0.5, 0.6) is 5.75 Å². The number of ether oxygens (including phenoxy) is 1. The highest BCUT2D eigenvalue weighted by Gasteiger charge is 2.40. The number of fused-ring (bicyclic) bond motifs is 1. The Bertz CT molecular complexity index is 1660. The zero-order valence-electron chi connectivity index (χ0n) is 26.7. The van der Waals surface area contributed by atoms with Crippen LogP contribution in [0.2, 0.25) is 0 Å². The lowest BCUT2D eigenvalue weighted by Gasteiger charge is -2.42. The first-order chi connectivity index (χ1) is 21.6. The Morgan fingerprint density at radius 2 is 1.62 bits per heavy atom. The molecule has 11 heteroatoms. The van der Waals surface area contributed by atoms with Gasteiger partial charge in [0.1, 0.15) is 5.75 Å². The van der Waals surface area contributed by atoms with Crippen molar-refractivity contribution < 1.29 is 13.2 Å². The van der Waals surface area contributed by atoms with E-state index in [0.717, 1.165) is 69.2 Å². The first-order valence-corrected chi connectivity index (χ1v) is 17.4. The second-order valence-electron chi connectivity index (χ2n) is 12.6. The molecule has 0 saturated carbocycles. The number of para-hydroxylation sites is 1. The molecule has 0 spiro atoms. The standard InChI is InChI=1S/C34H45N7O3S/c1-24(2)45(42,43)32-12-8-6-10-28(32)34(35)27-9-5-7-11-29(27)36-33(38-34)37-30-14-13-26(23-31(30)44-4)40-17-15-25(16-18-40)41-21-19-39(3)20-22-41/h5-14,23-25H,15-22,35H2,1-4H3,(H2,36,37,38). The van der Waals surface area contributed by atoms with Gasteiger partial charge in [-0.3, -0.25) is 10.6 Å². The molecule has 10 nitrogen and oxygen atoms in total. The quantitative estimate of drug-likeness (QED) is 0.354. The van der Waals surface area contributed by atoms with Gasteiger partial charge in [-0.05, 0) is 58.0 Å². The number of nitrogens with zero attached hydrogens (tertiary/aromatic N) is 4. The second kappa shape index (κ2) is 12.6. The van der Waals surface area contributed by atoms with Crippen LogP contribution in [0.3, 0.4) is 0 Å². The fourth-order valence-corrected chi connectivity index (χ4v) is 7.95. The van der Waals surface area contributed by atoms with Crippen LogP contribution in [0.1, 0.15) is 37.8 Å². The lowest BCUT2D eigenvalue weighted by molar-refractivity contribution is 0.0982. The van der Waals surface area contributed by atoms with Crippen LogP contribution in [-0.2, 0) is 15.5 Å². The van der Waals surface area contributed by atoms with E-state index in [1.54, 1.807) is 45.2 Å². The number of hydrogen-bond donors (Lipinski definition) is 3. The van der Waals surface area contributed by atoms with Gasteiger partial charge in [-0.1, -0.05) is 36.4 Å². The third-order valence-electron chi connectivity index (χ3n) is 9.43. The summed E-state index contributed by atoms with van der Waals surface area (Å²) in [6.45, 7) is 9.96. The predicted molar refractivity (Wildman–Crippen MR) is 182 cm³/mol. The van der Waals surface area contributed by atoms with Gasteiger partial charge in [0, 0.05) is 73.9 Å². The number of sulfone groups is 1. The van der Waals surface area contributed by atoms with Crippen molar-refractivity contribution in [3.63, 3.8) is 0 Å². The zero-order chi connectivity index (χ0) is 31.8. The lowest BCUT2D eigenvalue weighted by atomic mass is 9.90. The Hall–Kier alpha value is -3.64.